The second-order valence-electron chi connectivity index (χ2n) is 3.85. The summed E-state index contributed by atoms with van der Waals surface area (Å²) >= 11 is 0. The van der Waals surface area contributed by atoms with Crippen molar-refractivity contribution in [2.75, 3.05) is 39.8 Å². The number of nitrogens with zero attached hydrogens (tertiary/aromatic N) is 2. The molecule has 0 saturated carbocycles. The highest BCUT2D eigenvalue weighted by Gasteiger charge is 2.11. The van der Waals surface area contributed by atoms with E-state index in [2.05, 4.69) is 37.6 Å². The molecule has 13 heavy (non-hydrogen) atoms. The molecule has 1 fully saturated rings. The van der Waals surface area contributed by atoms with Crippen LogP contribution >= 0.6 is 0 Å². The molecule has 1 aliphatic rings. The number of hydrogen-bond donors (Lipinski definition) is 0. The molecule has 1 aliphatic heterocycles. The Morgan fingerprint density at radius 2 is 1.38 bits per heavy atom. The van der Waals surface area contributed by atoms with Crippen LogP contribution in [0.3, 0.4) is 0 Å². The predicted octanol–water partition coefficient (Wildman–Crippen LogP) is 2.06. The third-order valence-electron chi connectivity index (χ3n) is 2.14. The first-order chi connectivity index (χ1) is 6.24. The van der Waals surface area contributed by atoms with Crippen LogP contribution in [0.4, 0.5) is 0 Å². The quantitative estimate of drug-likeness (QED) is 0.651. The molecule has 0 atom stereocenters. The zero-order valence-corrected chi connectivity index (χ0v) is 9.84. The van der Waals surface area contributed by atoms with Gasteiger partial charge in [0.05, 0.1) is 0 Å². The summed E-state index contributed by atoms with van der Waals surface area (Å²) in [5, 5.41) is 0. The van der Waals surface area contributed by atoms with E-state index in [0.29, 0.717) is 0 Å². The van der Waals surface area contributed by atoms with Gasteiger partial charge in [0, 0.05) is 26.2 Å². The maximum Gasteiger partial charge on any atom is 0.0110 e. The van der Waals surface area contributed by atoms with Crippen molar-refractivity contribution in [2.24, 2.45) is 0 Å². The van der Waals surface area contributed by atoms with Gasteiger partial charge in [-0.25, -0.2) is 0 Å². The summed E-state index contributed by atoms with van der Waals surface area (Å²) in [7, 11) is 2.20. The first-order valence-electron chi connectivity index (χ1n) is 5.65. The summed E-state index contributed by atoms with van der Waals surface area (Å²) in [6, 6.07) is 0. The highest BCUT2D eigenvalue weighted by molar-refractivity contribution is 4.67. The second-order valence-corrected chi connectivity index (χ2v) is 3.85. The van der Waals surface area contributed by atoms with Crippen LogP contribution in [0.15, 0.2) is 0 Å². The van der Waals surface area contributed by atoms with Gasteiger partial charge < -0.3 is 9.80 Å². The van der Waals surface area contributed by atoms with E-state index in [0.717, 1.165) is 0 Å². The second kappa shape index (κ2) is 8.52. The van der Waals surface area contributed by atoms with Crippen molar-refractivity contribution < 1.29 is 0 Å². The summed E-state index contributed by atoms with van der Waals surface area (Å²) in [4.78, 5) is 4.94. The minimum atomic E-state index is 1.25. The van der Waals surface area contributed by atoms with Gasteiger partial charge in [-0.05, 0) is 20.0 Å². The molecule has 0 amide bonds. The normalized spacial score (nSPS) is 19.4. The van der Waals surface area contributed by atoms with E-state index in [1.807, 2.05) is 0 Å². The Balaban J connectivity index is 0.000000424. The van der Waals surface area contributed by atoms with Gasteiger partial charge in [-0.1, -0.05) is 27.2 Å². The van der Waals surface area contributed by atoms with E-state index in [-0.39, 0.29) is 0 Å². The van der Waals surface area contributed by atoms with Crippen LogP contribution < -0.4 is 0 Å². The number of likely N-dealkylation sites (N-methyl/N-ethyl adjacent to an activating group) is 1. The number of rotatable bonds is 2. The van der Waals surface area contributed by atoms with E-state index in [1.54, 1.807) is 0 Å². The fraction of sp³-hybridized carbons (Fsp3) is 1.00. The van der Waals surface area contributed by atoms with E-state index < -0.39 is 0 Å². The molecular weight excluding hydrogens is 160 g/mol. The maximum atomic E-state index is 2.54. The lowest BCUT2D eigenvalue weighted by Crippen LogP contribution is -2.44. The Labute approximate surface area is 83.9 Å². The minimum absolute atomic E-state index is 1.25. The van der Waals surface area contributed by atoms with Crippen LogP contribution in [0, 0.1) is 0 Å². The third kappa shape index (κ3) is 7.03. The lowest BCUT2D eigenvalue weighted by molar-refractivity contribution is 0.154. The van der Waals surface area contributed by atoms with Crippen molar-refractivity contribution >= 4 is 0 Å². The molecule has 1 rings (SSSR count). The standard InChI is InChI=1S/C8H18N2.C3H8/c1-3-4-10-7-5-9(2)6-8-10;1-3-2/h3-8H2,1-2H3;3H2,1-2H3. The number of hydrogen-bond acceptors (Lipinski definition) is 2. The minimum Gasteiger partial charge on any atom is -0.304 e. The van der Waals surface area contributed by atoms with E-state index in [4.69, 9.17) is 0 Å². The molecule has 0 aromatic rings. The van der Waals surface area contributed by atoms with Crippen LogP contribution in [0.2, 0.25) is 0 Å². The average Bonchev–Trinajstić information content (AvgIpc) is 2.11. The molecular formula is C11H26N2. The molecule has 0 spiro atoms. The maximum absolute atomic E-state index is 2.54. The van der Waals surface area contributed by atoms with Gasteiger partial charge in [0.15, 0.2) is 0 Å². The highest BCUT2D eigenvalue weighted by Crippen LogP contribution is 1.98. The molecule has 2 heteroatoms. The van der Waals surface area contributed by atoms with Crippen LogP contribution in [0.25, 0.3) is 0 Å². The fourth-order valence-electron chi connectivity index (χ4n) is 1.39. The monoisotopic (exact) mass is 186 g/mol. The molecule has 1 heterocycles. The van der Waals surface area contributed by atoms with Crippen molar-refractivity contribution in [3.8, 4) is 0 Å². The third-order valence-corrected chi connectivity index (χ3v) is 2.14. The lowest BCUT2D eigenvalue weighted by Gasteiger charge is -2.31. The topological polar surface area (TPSA) is 6.48 Å². The zero-order valence-electron chi connectivity index (χ0n) is 9.84. The fourth-order valence-corrected chi connectivity index (χ4v) is 1.39. The van der Waals surface area contributed by atoms with Gasteiger partial charge in [0.1, 0.15) is 0 Å². The van der Waals surface area contributed by atoms with Crippen LogP contribution in [-0.2, 0) is 0 Å². The molecule has 0 aromatic carbocycles. The van der Waals surface area contributed by atoms with Crippen molar-refractivity contribution in [3.63, 3.8) is 0 Å². The predicted molar refractivity (Wildman–Crippen MR) is 60.2 cm³/mol. The van der Waals surface area contributed by atoms with Gasteiger partial charge in [-0.15, -0.1) is 0 Å². The van der Waals surface area contributed by atoms with Gasteiger partial charge in [0.25, 0.3) is 0 Å². The summed E-state index contributed by atoms with van der Waals surface area (Å²) in [5.74, 6) is 0. The van der Waals surface area contributed by atoms with Crippen molar-refractivity contribution in [3.05, 3.63) is 0 Å². The van der Waals surface area contributed by atoms with Gasteiger partial charge in [-0.3, -0.25) is 0 Å². The Hall–Kier alpha value is -0.0800. The zero-order chi connectivity index (χ0) is 10.1. The first kappa shape index (κ1) is 12.9. The molecule has 0 aliphatic carbocycles. The van der Waals surface area contributed by atoms with Crippen molar-refractivity contribution in [1.82, 2.24) is 9.80 Å². The first-order valence-corrected chi connectivity index (χ1v) is 5.65. The van der Waals surface area contributed by atoms with Gasteiger partial charge in [-0.2, -0.15) is 0 Å². The van der Waals surface area contributed by atoms with Crippen molar-refractivity contribution in [2.45, 2.75) is 33.6 Å². The lowest BCUT2D eigenvalue weighted by atomic mass is 10.3. The van der Waals surface area contributed by atoms with Crippen LogP contribution in [0.5, 0.6) is 0 Å². The van der Waals surface area contributed by atoms with Gasteiger partial charge >= 0.3 is 0 Å². The summed E-state index contributed by atoms with van der Waals surface area (Å²) in [6.07, 6.45) is 2.55. The molecule has 2 nitrogen and oxygen atoms in total. The van der Waals surface area contributed by atoms with E-state index in [1.165, 1.54) is 45.6 Å². The molecule has 0 radical (unpaired) electrons. The van der Waals surface area contributed by atoms with E-state index >= 15 is 0 Å². The summed E-state index contributed by atoms with van der Waals surface area (Å²) in [5.41, 5.74) is 0. The SMILES string of the molecule is CCC.CCCN1CCN(C)CC1. The van der Waals surface area contributed by atoms with Gasteiger partial charge in [0.2, 0.25) is 0 Å². The molecule has 0 bridgehead atoms. The highest BCUT2D eigenvalue weighted by atomic mass is 15.2. The summed E-state index contributed by atoms with van der Waals surface area (Å²) in [6.45, 7) is 12.8. The smallest absolute Gasteiger partial charge is 0.0110 e. The Morgan fingerprint density at radius 3 is 1.77 bits per heavy atom. The molecule has 0 unspecified atom stereocenters. The van der Waals surface area contributed by atoms with E-state index in [9.17, 15) is 0 Å². The van der Waals surface area contributed by atoms with Crippen molar-refractivity contribution in [1.29, 1.82) is 0 Å². The Kier molecular flexibility index (Phi) is 8.46. The molecule has 80 valence electrons. The largest absolute Gasteiger partial charge is 0.304 e. The summed E-state index contributed by atoms with van der Waals surface area (Å²) < 4.78 is 0. The molecule has 1 saturated heterocycles. The molecule has 0 aromatic heterocycles. The Bertz CT molecular complexity index is 96.3. The average molecular weight is 186 g/mol. The van der Waals surface area contributed by atoms with Crippen LogP contribution in [0.1, 0.15) is 33.6 Å². The number of piperazine rings is 1. The van der Waals surface area contributed by atoms with Crippen LogP contribution in [-0.4, -0.2) is 49.6 Å². The Morgan fingerprint density at radius 1 is 0.923 bits per heavy atom. The molecule has 0 N–H and O–H groups in total.